The zero-order valence-corrected chi connectivity index (χ0v) is 13.3. The Bertz CT molecular complexity index is 765. The van der Waals surface area contributed by atoms with Crippen molar-refractivity contribution in [2.24, 2.45) is 5.73 Å². The van der Waals surface area contributed by atoms with Crippen molar-refractivity contribution in [3.8, 4) is 11.4 Å². The lowest BCUT2D eigenvalue weighted by atomic mass is 10.1. The third kappa shape index (κ3) is 3.33. The van der Waals surface area contributed by atoms with Crippen LogP contribution in [0.5, 0.6) is 5.75 Å². The van der Waals surface area contributed by atoms with Gasteiger partial charge in [0, 0.05) is 12.1 Å². The maximum Gasteiger partial charge on any atom is 0.303 e. The Labute approximate surface area is 133 Å². The first-order valence-electron chi connectivity index (χ1n) is 7.10. The maximum absolute atomic E-state index is 11.5. The van der Waals surface area contributed by atoms with E-state index < -0.39 is 11.9 Å². The van der Waals surface area contributed by atoms with Crippen LogP contribution >= 0.6 is 0 Å². The number of carboxylic acid groups (broad SMARTS) is 1. The number of carbonyl (C=O) groups excluding carboxylic acids is 1. The number of rotatable bonds is 6. The second kappa shape index (κ2) is 6.51. The van der Waals surface area contributed by atoms with E-state index in [0.717, 1.165) is 17.0 Å². The van der Waals surface area contributed by atoms with Crippen molar-refractivity contribution in [3.05, 3.63) is 40.7 Å². The predicted molar refractivity (Wildman–Crippen MR) is 84.1 cm³/mol. The van der Waals surface area contributed by atoms with Gasteiger partial charge in [-0.05, 0) is 44.0 Å². The van der Waals surface area contributed by atoms with E-state index in [9.17, 15) is 9.59 Å². The molecule has 0 radical (unpaired) electrons. The molecule has 0 aliphatic heterocycles. The van der Waals surface area contributed by atoms with E-state index in [1.54, 1.807) is 22.9 Å². The number of carboxylic acids is 1. The van der Waals surface area contributed by atoms with Gasteiger partial charge in [0.1, 0.15) is 5.75 Å². The van der Waals surface area contributed by atoms with Crippen molar-refractivity contribution in [1.29, 1.82) is 0 Å². The number of methoxy groups -OCH3 is 1. The molecule has 0 saturated heterocycles. The molecule has 122 valence electrons. The van der Waals surface area contributed by atoms with Gasteiger partial charge in [-0.25, -0.2) is 4.68 Å². The molecule has 23 heavy (non-hydrogen) atoms. The monoisotopic (exact) mass is 317 g/mol. The lowest BCUT2D eigenvalue weighted by Gasteiger charge is -2.10. The fraction of sp³-hybridized carbons (Fsp3) is 0.312. The first-order chi connectivity index (χ1) is 10.8. The molecule has 0 fully saturated rings. The van der Waals surface area contributed by atoms with Crippen molar-refractivity contribution in [2.75, 3.05) is 7.11 Å². The lowest BCUT2D eigenvalue weighted by molar-refractivity contribution is -0.136. The summed E-state index contributed by atoms with van der Waals surface area (Å²) in [5, 5.41) is 13.3. The molecule has 3 N–H and O–H groups in total. The molecule has 0 aliphatic rings. The highest BCUT2D eigenvalue weighted by Gasteiger charge is 2.16. The summed E-state index contributed by atoms with van der Waals surface area (Å²) < 4.78 is 6.80. The summed E-state index contributed by atoms with van der Waals surface area (Å²) in [6.07, 6.45) is 0.453. The van der Waals surface area contributed by atoms with Gasteiger partial charge < -0.3 is 15.6 Å². The Hall–Kier alpha value is -2.83. The largest absolute Gasteiger partial charge is 0.496 e. The van der Waals surface area contributed by atoms with Gasteiger partial charge in [-0.15, -0.1) is 0 Å². The quantitative estimate of drug-likeness (QED) is 0.841. The van der Waals surface area contributed by atoms with Crippen LogP contribution in [0, 0.1) is 13.8 Å². The van der Waals surface area contributed by atoms with Crippen LogP contribution in [-0.2, 0) is 11.2 Å². The molecule has 2 aromatic rings. The molecule has 0 saturated carbocycles. The zero-order chi connectivity index (χ0) is 17.1. The van der Waals surface area contributed by atoms with Crippen LogP contribution in [0.4, 0.5) is 0 Å². The number of nitrogens with two attached hydrogens (primary N) is 1. The second-order valence-corrected chi connectivity index (χ2v) is 5.20. The summed E-state index contributed by atoms with van der Waals surface area (Å²) in [6.45, 7) is 3.70. The Morgan fingerprint density at radius 3 is 2.61 bits per heavy atom. The van der Waals surface area contributed by atoms with Crippen molar-refractivity contribution in [2.45, 2.75) is 26.7 Å². The molecule has 1 amide bonds. The zero-order valence-electron chi connectivity index (χ0n) is 13.3. The Kier molecular flexibility index (Phi) is 4.68. The van der Waals surface area contributed by atoms with E-state index in [4.69, 9.17) is 15.6 Å². The maximum atomic E-state index is 11.5. The minimum Gasteiger partial charge on any atom is -0.496 e. The Balaban J connectivity index is 2.47. The molecule has 7 heteroatoms. The van der Waals surface area contributed by atoms with Crippen molar-refractivity contribution in [1.82, 2.24) is 9.78 Å². The molecular formula is C16H19N3O4. The third-order valence-corrected chi connectivity index (χ3v) is 3.72. The van der Waals surface area contributed by atoms with Gasteiger partial charge in [0.15, 0.2) is 0 Å². The van der Waals surface area contributed by atoms with Gasteiger partial charge in [0.2, 0.25) is 0 Å². The number of ether oxygens (including phenoxy) is 1. The number of carbonyl (C=O) groups is 2. The van der Waals surface area contributed by atoms with Crippen LogP contribution < -0.4 is 10.5 Å². The highest BCUT2D eigenvalue weighted by atomic mass is 16.5. The predicted octanol–water partition coefficient (Wildman–Crippen LogP) is 1.61. The standard InChI is InChI=1S/C16H19N3O4/c1-9-12(5-7-15(20)21)10(2)19(18-9)11-4-6-14(23-3)13(8-11)16(17)22/h4,6,8H,5,7H2,1-3H3,(H2,17,22)(H,20,21). The number of aliphatic carboxylic acids is 1. The van der Waals surface area contributed by atoms with Crippen molar-refractivity contribution < 1.29 is 19.4 Å². The number of benzene rings is 1. The summed E-state index contributed by atoms with van der Waals surface area (Å²) in [6, 6.07) is 5.04. The molecule has 0 unspecified atom stereocenters. The number of aryl methyl sites for hydroxylation is 1. The van der Waals surface area contributed by atoms with Crippen molar-refractivity contribution in [3.63, 3.8) is 0 Å². The van der Waals surface area contributed by atoms with E-state index in [2.05, 4.69) is 5.10 Å². The fourth-order valence-corrected chi connectivity index (χ4v) is 2.54. The molecule has 0 atom stereocenters. The topological polar surface area (TPSA) is 107 Å². The van der Waals surface area contributed by atoms with E-state index in [1.807, 2.05) is 13.8 Å². The fourth-order valence-electron chi connectivity index (χ4n) is 2.54. The van der Waals surface area contributed by atoms with Crippen molar-refractivity contribution >= 4 is 11.9 Å². The van der Waals surface area contributed by atoms with E-state index in [1.165, 1.54) is 7.11 Å². The molecule has 7 nitrogen and oxygen atoms in total. The van der Waals surface area contributed by atoms with Crippen LogP contribution in [-0.4, -0.2) is 33.9 Å². The summed E-state index contributed by atoms with van der Waals surface area (Å²) in [4.78, 5) is 22.3. The number of nitrogens with zero attached hydrogens (tertiary/aromatic N) is 2. The van der Waals surface area contributed by atoms with E-state index >= 15 is 0 Å². The van der Waals surface area contributed by atoms with Crippen LogP contribution in [0.15, 0.2) is 18.2 Å². The average molecular weight is 317 g/mol. The molecule has 2 rings (SSSR count). The molecule has 0 spiro atoms. The summed E-state index contributed by atoms with van der Waals surface area (Å²) in [5.41, 5.74) is 8.81. The normalized spacial score (nSPS) is 10.6. The molecule has 0 bridgehead atoms. The second-order valence-electron chi connectivity index (χ2n) is 5.20. The number of aromatic nitrogens is 2. The summed E-state index contributed by atoms with van der Waals surface area (Å²) in [7, 11) is 1.47. The molecular weight excluding hydrogens is 298 g/mol. The van der Waals surface area contributed by atoms with E-state index in [0.29, 0.717) is 17.9 Å². The third-order valence-electron chi connectivity index (χ3n) is 3.72. The number of hydrogen-bond donors (Lipinski definition) is 2. The summed E-state index contributed by atoms with van der Waals surface area (Å²) >= 11 is 0. The SMILES string of the molecule is COc1ccc(-n2nc(C)c(CCC(=O)O)c2C)cc1C(N)=O. The van der Waals surface area contributed by atoms with Crippen LogP contribution in [0.25, 0.3) is 5.69 Å². The smallest absolute Gasteiger partial charge is 0.303 e. The molecule has 1 aromatic carbocycles. The minimum absolute atomic E-state index is 0.0442. The van der Waals surface area contributed by atoms with Crippen LogP contribution in [0.3, 0.4) is 0 Å². The lowest BCUT2D eigenvalue weighted by Crippen LogP contribution is -2.13. The highest BCUT2D eigenvalue weighted by molar-refractivity contribution is 5.96. The number of amides is 1. The van der Waals surface area contributed by atoms with E-state index in [-0.39, 0.29) is 12.0 Å². The van der Waals surface area contributed by atoms with Gasteiger partial charge >= 0.3 is 5.97 Å². The van der Waals surface area contributed by atoms with Gasteiger partial charge in [-0.1, -0.05) is 0 Å². The molecule has 1 heterocycles. The Morgan fingerprint density at radius 1 is 1.35 bits per heavy atom. The number of hydrogen-bond acceptors (Lipinski definition) is 4. The Morgan fingerprint density at radius 2 is 2.04 bits per heavy atom. The van der Waals surface area contributed by atoms with Gasteiger partial charge in [0.25, 0.3) is 5.91 Å². The van der Waals surface area contributed by atoms with Crippen LogP contribution in [0.2, 0.25) is 0 Å². The highest BCUT2D eigenvalue weighted by Crippen LogP contribution is 2.24. The van der Waals surface area contributed by atoms with Gasteiger partial charge in [0.05, 0.1) is 24.1 Å². The van der Waals surface area contributed by atoms with Gasteiger partial charge in [-0.2, -0.15) is 5.10 Å². The average Bonchev–Trinajstić information content (AvgIpc) is 2.79. The van der Waals surface area contributed by atoms with Gasteiger partial charge in [-0.3, -0.25) is 9.59 Å². The van der Waals surface area contributed by atoms with Crippen LogP contribution in [0.1, 0.15) is 33.7 Å². The molecule has 0 aliphatic carbocycles. The minimum atomic E-state index is -0.850. The first kappa shape index (κ1) is 16.5. The first-order valence-corrected chi connectivity index (χ1v) is 7.10. The number of primary amides is 1. The molecule has 1 aromatic heterocycles. The summed E-state index contributed by atoms with van der Waals surface area (Å²) in [5.74, 6) is -1.04.